The van der Waals surface area contributed by atoms with Crippen LogP contribution in [-0.4, -0.2) is 23.0 Å². The Labute approximate surface area is 138 Å². The van der Waals surface area contributed by atoms with Crippen LogP contribution in [0, 0.1) is 0 Å². The summed E-state index contributed by atoms with van der Waals surface area (Å²) in [6.45, 7) is 1.86. The first-order valence-corrected chi connectivity index (χ1v) is 7.33. The second-order valence-electron chi connectivity index (χ2n) is 4.44. The molecule has 1 aromatic carbocycles. The normalized spacial score (nSPS) is 12.1. The summed E-state index contributed by atoms with van der Waals surface area (Å²) in [4.78, 5) is 20.3. The largest absolute Gasteiger partial charge is 0.465 e. The van der Waals surface area contributed by atoms with Crippen LogP contribution < -0.4 is 0 Å². The number of carbonyl (C=O) groups is 1. The van der Waals surface area contributed by atoms with Crippen LogP contribution in [0.15, 0.2) is 41.5 Å². The Bertz CT molecular complexity index is 770. The van der Waals surface area contributed by atoms with Crippen LogP contribution in [0.25, 0.3) is 11.0 Å². The Balaban J connectivity index is 2.33. The van der Waals surface area contributed by atoms with Gasteiger partial charge in [0.1, 0.15) is 0 Å². The molecule has 0 amide bonds. The average molecular weight is 337 g/mol. The minimum absolute atomic E-state index is 0.302. The van der Waals surface area contributed by atoms with Crippen molar-refractivity contribution in [1.29, 1.82) is 0 Å². The summed E-state index contributed by atoms with van der Waals surface area (Å²) in [5, 5.41) is 0.948. The van der Waals surface area contributed by atoms with Gasteiger partial charge in [-0.1, -0.05) is 35.4 Å². The van der Waals surface area contributed by atoms with E-state index in [9.17, 15) is 4.79 Å². The van der Waals surface area contributed by atoms with Crippen molar-refractivity contribution >= 4 is 40.2 Å². The van der Waals surface area contributed by atoms with Crippen molar-refractivity contribution in [3.8, 4) is 0 Å². The van der Waals surface area contributed by atoms with Crippen molar-refractivity contribution < 1.29 is 9.53 Å². The maximum atomic E-state index is 11.5. The van der Waals surface area contributed by atoms with Crippen LogP contribution >= 0.6 is 23.2 Å². The highest BCUT2D eigenvalue weighted by Gasteiger charge is 2.10. The zero-order valence-corrected chi connectivity index (χ0v) is 13.6. The summed E-state index contributed by atoms with van der Waals surface area (Å²) in [7, 11) is 1.33. The standard InChI is InChI=1S/C16H14Cl2N2O2/c1-3-11(17)5-4-6-13-15(18)20-14-9-10(16(21)22-2)7-8-12(14)19-13/h3-5,7-9H,6H2,1-2H3/b5-4-,11-3+. The molecule has 0 saturated heterocycles. The second kappa shape index (κ2) is 7.38. The van der Waals surface area contributed by atoms with Crippen LogP contribution in [0.2, 0.25) is 5.15 Å². The first-order chi connectivity index (χ1) is 10.5. The topological polar surface area (TPSA) is 52.1 Å². The molecule has 0 unspecified atom stereocenters. The molecule has 0 bridgehead atoms. The monoisotopic (exact) mass is 336 g/mol. The molecule has 0 radical (unpaired) electrons. The van der Waals surface area contributed by atoms with Gasteiger partial charge in [-0.2, -0.15) is 0 Å². The number of benzene rings is 1. The Hall–Kier alpha value is -1.91. The van der Waals surface area contributed by atoms with Gasteiger partial charge in [-0.05, 0) is 31.2 Å². The van der Waals surface area contributed by atoms with Gasteiger partial charge in [0.05, 0.1) is 29.4 Å². The van der Waals surface area contributed by atoms with Gasteiger partial charge in [0, 0.05) is 11.5 Å². The molecule has 6 heteroatoms. The number of rotatable bonds is 4. The summed E-state index contributed by atoms with van der Waals surface area (Å²) >= 11 is 12.0. The fourth-order valence-corrected chi connectivity index (χ4v) is 2.12. The molecule has 22 heavy (non-hydrogen) atoms. The number of fused-ring (bicyclic) bond motifs is 1. The third kappa shape index (κ3) is 3.84. The molecule has 2 rings (SSSR count). The second-order valence-corrected chi connectivity index (χ2v) is 5.23. The highest BCUT2D eigenvalue weighted by Crippen LogP contribution is 2.19. The van der Waals surface area contributed by atoms with Gasteiger partial charge in [-0.25, -0.2) is 14.8 Å². The van der Waals surface area contributed by atoms with Gasteiger partial charge in [-0.15, -0.1) is 0 Å². The Morgan fingerprint density at radius 1 is 1.32 bits per heavy atom. The smallest absolute Gasteiger partial charge is 0.337 e. The molecule has 1 heterocycles. The van der Waals surface area contributed by atoms with Gasteiger partial charge in [0.15, 0.2) is 5.15 Å². The summed E-state index contributed by atoms with van der Waals surface area (Å²) in [5.41, 5.74) is 2.27. The lowest BCUT2D eigenvalue weighted by molar-refractivity contribution is 0.0601. The van der Waals surface area contributed by atoms with Crippen molar-refractivity contribution in [2.45, 2.75) is 13.3 Å². The lowest BCUT2D eigenvalue weighted by Gasteiger charge is -2.05. The molecule has 0 aliphatic carbocycles. The predicted octanol–water partition coefficient (Wildman–Crippen LogP) is 4.31. The Morgan fingerprint density at radius 3 is 2.77 bits per heavy atom. The summed E-state index contributed by atoms with van der Waals surface area (Å²) in [5.74, 6) is -0.423. The number of esters is 1. The summed E-state index contributed by atoms with van der Waals surface area (Å²) in [6.07, 6.45) is 5.96. The molecule has 0 fully saturated rings. The number of aromatic nitrogens is 2. The molecule has 1 aromatic heterocycles. The van der Waals surface area contributed by atoms with Gasteiger partial charge >= 0.3 is 5.97 Å². The first kappa shape index (κ1) is 16.5. The molecule has 0 spiro atoms. The maximum absolute atomic E-state index is 11.5. The van der Waals surface area contributed by atoms with Crippen molar-refractivity contribution in [2.24, 2.45) is 0 Å². The molecule has 0 aliphatic heterocycles. The molecule has 0 atom stereocenters. The first-order valence-electron chi connectivity index (χ1n) is 6.58. The van der Waals surface area contributed by atoms with Crippen LogP contribution in [0.5, 0.6) is 0 Å². The van der Waals surface area contributed by atoms with E-state index in [0.717, 1.165) is 0 Å². The SMILES string of the molecule is C/C=C(Cl)\C=C/Cc1nc2ccc(C(=O)OC)cc2nc1Cl. The molecular formula is C16H14Cl2N2O2. The number of halogens is 2. The van der Waals surface area contributed by atoms with E-state index in [1.54, 1.807) is 30.4 Å². The molecule has 4 nitrogen and oxygen atoms in total. The number of hydrogen-bond acceptors (Lipinski definition) is 4. The van der Waals surface area contributed by atoms with Gasteiger partial charge in [-0.3, -0.25) is 0 Å². The average Bonchev–Trinajstić information content (AvgIpc) is 2.53. The van der Waals surface area contributed by atoms with E-state index in [4.69, 9.17) is 23.2 Å². The van der Waals surface area contributed by atoms with Crippen LogP contribution in [0.4, 0.5) is 0 Å². The van der Waals surface area contributed by atoms with E-state index >= 15 is 0 Å². The molecule has 0 aliphatic rings. The van der Waals surface area contributed by atoms with E-state index in [1.165, 1.54) is 7.11 Å². The van der Waals surface area contributed by atoms with Crippen LogP contribution in [0.3, 0.4) is 0 Å². The number of methoxy groups -OCH3 is 1. The summed E-state index contributed by atoms with van der Waals surface area (Å²) in [6, 6.07) is 4.97. The molecule has 0 saturated carbocycles. The fraction of sp³-hybridized carbons (Fsp3) is 0.188. The molecule has 2 aromatic rings. The van der Waals surface area contributed by atoms with E-state index < -0.39 is 5.97 Å². The Morgan fingerprint density at radius 2 is 2.09 bits per heavy atom. The zero-order valence-electron chi connectivity index (χ0n) is 12.1. The third-order valence-electron chi connectivity index (χ3n) is 2.97. The van der Waals surface area contributed by atoms with Gasteiger partial charge in [0.2, 0.25) is 0 Å². The molecular weight excluding hydrogens is 323 g/mol. The quantitative estimate of drug-likeness (QED) is 0.616. The lowest BCUT2D eigenvalue weighted by Crippen LogP contribution is -2.02. The number of carbonyl (C=O) groups excluding carboxylic acids is 1. The number of hydrogen-bond donors (Lipinski definition) is 0. The summed E-state index contributed by atoms with van der Waals surface area (Å²) < 4.78 is 4.68. The number of allylic oxidation sites excluding steroid dienone is 4. The van der Waals surface area contributed by atoms with E-state index in [1.807, 2.05) is 13.0 Å². The lowest BCUT2D eigenvalue weighted by atomic mass is 10.2. The third-order valence-corrected chi connectivity index (χ3v) is 3.62. The van der Waals surface area contributed by atoms with Gasteiger partial charge in [0.25, 0.3) is 0 Å². The number of nitrogens with zero attached hydrogens (tertiary/aromatic N) is 2. The van der Waals surface area contributed by atoms with E-state index in [0.29, 0.717) is 38.9 Å². The predicted molar refractivity (Wildman–Crippen MR) is 88.3 cm³/mol. The van der Waals surface area contributed by atoms with E-state index in [2.05, 4.69) is 14.7 Å². The van der Waals surface area contributed by atoms with Crippen LogP contribution in [0.1, 0.15) is 23.0 Å². The molecule has 0 N–H and O–H groups in total. The van der Waals surface area contributed by atoms with Crippen molar-refractivity contribution in [3.05, 3.63) is 57.9 Å². The minimum Gasteiger partial charge on any atom is -0.465 e. The number of ether oxygens (including phenoxy) is 1. The van der Waals surface area contributed by atoms with Crippen LogP contribution in [-0.2, 0) is 11.2 Å². The highest BCUT2D eigenvalue weighted by molar-refractivity contribution is 6.31. The highest BCUT2D eigenvalue weighted by atomic mass is 35.5. The van der Waals surface area contributed by atoms with Crippen molar-refractivity contribution in [3.63, 3.8) is 0 Å². The zero-order chi connectivity index (χ0) is 16.1. The van der Waals surface area contributed by atoms with Crippen molar-refractivity contribution in [2.75, 3.05) is 7.11 Å². The van der Waals surface area contributed by atoms with Crippen molar-refractivity contribution in [1.82, 2.24) is 9.97 Å². The van der Waals surface area contributed by atoms with E-state index in [-0.39, 0.29) is 0 Å². The van der Waals surface area contributed by atoms with Gasteiger partial charge < -0.3 is 4.74 Å². The Kier molecular flexibility index (Phi) is 5.52. The maximum Gasteiger partial charge on any atom is 0.337 e. The molecule has 114 valence electrons. The minimum atomic E-state index is -0.423. The fourth-order valence-electron chi connectivity index (χ4n) is 1.82.